The van der Waals surface area contributed by atoms with Crippen molar-refractivity contribution in [3.63, 3.8) is 0 Å². The van der Waals surface area contributed by atoms with Gasteiger partial charge in [0.15, 0.2) is 4.67 Å². The fourth-order valence-electron chi connectivity index (χ4n) is 2.03. The molecular weight excluding hydrogens is 398 g/mol. The molecule has 108 valence electrons. The van der Waals surface area contributed by atoms with Crippen molar-refractivity contribution >= 4 is 37.5 Å². The van der Waals surface area contributed by atoms with Gasteiger partial charge in [0.1, 0.15) is 5.76 Å². The quantitative estimate of drug-likeness (QED) is 0.664. The lowest BCUT2D eigenvalue weighted by atomic mass is 10.2. The molecule has 2 heterocycles. The molecule has 1 N–H and O–H groups in total. The summed E-state index contributed by atoms with van der Waals surface area (Å²) in [4.78, 5) is 0. The van der Waals surface area contributed by atoms with Crippen molar-refractivity contribution < 1.29 is 4.42 Å². The van der Waals surface area contributed by atoms with Crippen LogP contribution in [0.4, 0.5) is 5.69 Å². The summed E-state index contributed by atoms with van der Waals surface area (Å²) >= 11 is 6.75. The van der Waals surface area contributed by atoms with Gasteiger partial charge in [-0.2, -0.15) is 5.10 Å². The molecule has 2 aromatic heterocycles. The molecule has 0 saturated carbocycles. The molecule has 6 heteroatoms. The molecule has 0 radical (unpaired) electrons. The Morgan fingerprint density at radius 2 is 2.10 bits per heavy atom. The molecule has 4 nitrogen and oxygen atoms in total. The van der Waals surface area contributed by atoms with Gasteiger partial charge in [0, 0.05) is 18.1 Å². The second kappa shape index (κ2) is 6.49. The van der Waals surface area contributed by atoms with Crippen molar-refractivity contribution in [2.75, 3.05) is 5.32 Å². The van der Waals surface area contributed by atoms with Crippen molar-refractivity contribution in [3.8, 4) is 0 Å². The Labute approximate surface area is 139 Å². The Hall–Kier alpha value is -1.53. The molecule has 0 amide bonds. The Balaban J connectivity index is 1.65. The largest absolute Gasteiger partial charge is 0.451 e. The zero-order valence-corrected chi connectivity index (χ0v) is 14.3. The monoisotopic (exact) mass is 409 g/mol. The van der Waals surface area contributed by atoms with E-state index in [0.717, 1.165) is 22.5 Å². The van der Waals surface area contributed by atoms with Crippen molar-refractivity contribution in [2.24, 2.45) is 0 Å². The van der Waals surface area contributed by atoms with Crippen molar-refractivity contribution in [3.05, 3.63) is 69.3 Å². The van der Waals surface area contributed by atoms with Crippen LogP contribution in [0.15, 0.2) is 62.4 Å². The van der Waals surface area contributed by atoms with Gasteiger partial charge in [0.2, 0.25) is 0 Å². The van der Waals surface area contributed by atoms with Crippen LogP contribution < -0.4 is 5.32 Å². The summed E-state index contributed by atoms with van der Waals surface area (Å²) < 4.78 is 9.08. The molecule has 0 atom stereocenters. The highest BCUT2D eigenvalue weighted by atomic mass is 79.9. The first-order valence-electron chi connectivity index (χ1n) is 6.44. The summed E-state index contributed by atoms with van der Waals surface area (Å²) in [6, 6.07) is 12.2. The fraction of sp³-hybridized carbons (Fsp3) is 0.133. The topological polar surface area (TPSA) is 43.0 Å². The van der Waals surface area contributed by atoms with Crippen LogP contribution in [-0.2, 0) is 13.1 Å². The van der Waals surface area contributed by atoms with Crippen LogP contribution in [0.2, 0.25) is 0 Å². The molecule has 1 aromatic carbocycles. The number of hydrogen-bond donors (Lipinski definition) is 1. The van der Waals surface area contributed by atoms with E-state index in [0.29, 0.717) is 11.2 Å². The van der Waals surface area contributed by atoms with Gasteiger partial charge in [-0.05, 0) is 61.7 Å². The van der Waals surface area contributed by atoms with Gasteiger partial charge in [-0.25, -0.2) is 0 Å². The third kappa shape index (κ3) is 3.77. The highest BCUT2D eigenvalue weighted by molar-refractivity contribution is 9.13. The van der Waals surface area contributed by atoms with E-state index in [-0.39, 0.29) is 0 Å². The Morgan fingerprint density at radius 1 is 1.19 bits per heavy atom. The standard InChI is InChI=1S/C15H13Br2N3O/c16-14-8-13(21-15(14)17)9-18-12-4-1-3-11(7-12)10-20-6-2-5-19-20/h1-8,18H,9-10H2. The zero-order chi connectivity index (χ0) is 14.7. The maximum Gasteiger partial charge on any atom is 0.183 e. The van der Waals surface area contributed by atoms with Gasteiger partial charge >= 0.3 is 0 Å². The minimum Gasteiger partial charge on any atom is -0.451 e. The molecule has 3 rings (SSSR count). The van der Waals surface area contributed by atoms with Crippen LogP contribution >= 0.6 is 31.9 Å². The molecule has 0 aliphatic rings. The molecule has 0 unspecified atom stereocenters. The van der Waals surface area contributed by atoms with E-state index in [2.05, 4.69) is 54.4 Å². The Bertz CT molecular complexity index is 703. The lowest BCUT2D eigenvalue weighted by Gasteiger charge is -2.07. The Kier molecular flexibility index (Phi) is 4.45. The van der Waals surface area contributed by atoms with Gasteiger partial charge in [-0.1, -0.05) is 12.1 Å². The van der Waals surface area contributed by atoms with Gasteiger partial charge in [0.25, 0.3) is 0 Å². The van der Waals surface area contributed by atoms with Crippen LogP contribution in [0.5, 0.6) is 0 Å². The SMILES string of the molecule is Brc1cc(CNc2cccc(Cn3cccn3)c2)oc1Br. The molecule has 0 fully saturated rings. The van der Waals surface area contributed by atoms with Gasteiger partial charge in [-0.3, -0.25) is 4.68 Å². The van der Waals surface area contributed by atoms with Crippen LogP contribution in [0.25, 0.3) is 0 Å². The molecule has 21 heavy (non-hydrogen) atoms. The minimum atomic E-state index is 0.634. The molecule has 0 aliphatic carbocycles. The Morgan fingerprint density at radius 3 is 2.81 bits per heavy atom. The summed E-state index contributed by atoms with van der Waals surface area (Å²) in [5, 5.41) is 7.57. The predicted molar refractivity (Wildman–Crippen MR) is 89.2 cm³/mol. The average molecular weight is 411 g/mol. The fourth-order valence-corrected chi connectivity index (χ4v) is 2.69. The van der Waals surface area contributed by atoms with Crippen LogP contribution in [-0.4, -0.2) is 9.78 Å². The van der Waals surface area contributed by atoms with Gasteiger partial charge in [-0.15, -0.1) is 0 Å². The maximum absolute atomic E-state index is 5.54. The smallest absolute Gasteiger partial charge is 0.183 e. The normalized spacial score (nSPS) is 10.8. The molecule has 0 saturated heterocycles. The molecule has 3 aromatic rings. The number of benzene rings is 1. The molecule has 0 aliphatic heterocycles. The predicted octanol–water partition coefficient (Wildman–Crippen LogP) is 4.66. The van der Waals surface area contributed by atoms with Gasteiger partial charge in [0.05, 0.1) is 17.6 Å². The van der Waals surface area contributed by atoms with E-state index in [1.165, 1.54) is 5.56 Å². The highest BCUT2D eigenvalue weighted by Crippen LogP contribution is 2.27. The number of nitrogens with zero attached hydrogens (tertiary/aromatic N) is 2. The number of rotatable bonds is 5. The van der Waals surface area contributed by atoms with Crippen LogP contribution in [0.3, 0.4) is 0 Å². The first kappa shape index (κ1) is 14.4. The van der Waals surface area contributed by atoms with E-state index in [9.17, 15) is 0 Å². The van der Waals surface area contributed by atoms with Gasteiger partial charge < -0.3 is 9.73 Å². The summed E-state index contributed by atoms with van der Waals surface area (Å²) in [6.07, 6.45) is 3.74. The van der Waals surface area contributed by atoms with E-state index in [1.54, 1.807) is 6.20 Å². The molecule has 0 spiro atoms. The minimum absolute atomic E-state index is 0.634. The maximum atomic E-state index is 5.54. The average Bonchev–Trinajstić information content (AvgIpc) is 3.08. The zero-order valence-electron chi connectivity index (χ0n) is 11.1. The second-order valence-electron chi connectivity index (χ2n) is 4.59. The molecule has 0 bridgehead atoms. The van der Waals surface area contributed by atoms with E-state index in [4.69, 9.17) is 4.42 Å². The second-order valence-corrected chi connectivity index (χ2v) is 6.17. The first-order valence-corrected chi connectivity index (χ1v) is 8.03. The summed E-state index contributed by atoms with van der Waals surface area (Å²) in [6.45, 7) is 1.40. The number of nitrogens with one attached hydrogen (secondary N) is 1. The lowest BCUT2D eigenvalue weighted by Crippen LogP contribution is -2.02. The van der Waals surface area contributed by atoms with Crippen molar-refractivity contribution in [1.29, 1.82) is 0 Å². The third-order valence-electron chi connectivity index (χ3n) is 2.99. The van der Waals surface area contributed by atoms with Crippen LogP contribution in [0.1, 0.15) is 11.3 Å². The number of furan rings is 1. The van der Waals surface area contributed by atoms with E-state index < -0.39 is 0 Å². The number of aromatic nitrogens is 2. The molecular formula is C15H13Br2N3O. The summed E-state index contributed by atoms with van der Waals surface area (Å²) in [7, 11) is 0. The van der Waals surface area contributed by atoms with Crippen molar-refractivity contribution in [1.82, 2.24) is 9.78 Å². The van der Waals surface area contributed by atoms with Crippen LogP contribution in [0, 0.1) is 0 Å². The van der Waals surface area contributed by atoms with E-state index in [1.807, 2.05) is 35.1 Å². The number of anilines is 1. The first-order chi connectivity index (χ1) is 10.2. The van der Waals surface area contributed by atoms with Crippen molar-refractivity contribution in [2.45, 2.75) is 13.1 Å². The summed E-state index contributed by atoms with van der Waals surface area (Å²) in [5.41, 5.74) is 2.26. The third-order valence-corrected chi connectivity index (χ3v) is 4.70. The number of hydrogen-bond acceptors (Lipinski definition) is 3. The highest BCUT2D eigenvalue weighted by Gasteiger charge is 2.06. The lowest BCUT2D eigenvalue weighted by molar-refractivity contribution is 0.494. The van der Waals surface area contributed by atoms with E-state index >= 15 is 0 Å². The summed E-state index contributed by atoms with van der Waals surface area (Å²) in [5.74, 6) is 0.867. The number of halogens is 2.